The van der Waals surface area contributed by atoms with E-state index in [2.05, 4.69) is 5.32 Å². The molecule has 17 heavy (non-hydrogen) atoms. The van der Waals surface area contributed by atoms with Crippen LogP contribution in [-0.4, -0.2) is 16.9 Å². The molecule has 0 aliphatic carbocycles. The fourth-order valence-electron chi connectivity index (χ4n) is 2.24. The SMILES string of the molecule is Cc1ccccc1[C@H]1NC(=O)CC[C@@H]1[N+](=O)[O-]. The largest absolute Gasteiger partial charge is 0.343 e. The summed E-state index contributed by atoms with van der Waals surface area (Å²) in [6.07, 6.45) is 0.534. The number of nitrogens with zero attached hydrogens (tertiary/aromatic N) is 1. The summed E-state index contributed by atoms with van der Waals surface area (Å²) in [5.74, 6) is -0.114. The van der Waals surface area contributed by atoms with Crippen LogP contribution in [0, 0.1) is 17.0 Å². The first-order chi connectivity index (χ1) is 8.09. The fourth-order valence-corrected chi connectivity index (χ4v) is 2.24. The van der Waals surface area contributed by atoms with Gasteiger partial charge >= 0.3 is 0 Å². The zero-order valence-corrected chi connectivity index (χ0v) is 9.55. The van der Waals surface area contributed by atoms with Crippen molar-refractivity contribution < 1.29 is 9.72 Å². The Labute approximate surface area is 99.0 Å². The summed E-state index contributed by atoms with van der Waals surface area (Å²) in [4.78, 5) is 22.1. The van der Waals surface area contributed by atoms with Gasteiger partial charge in [0.2, 0.25) is 11.9 Å². The van der Waals surface area contributed by atoms with E-state index in [-0.39, 0.29) is 17.3 Å². The molecular formula is C12H14N2O3. The standard InChI is InChI=1S/C12H14N2O3/c1-8-4-2-3-5-9(8)12-10(14(16)17)6-7-11(15)13-12/h2-5,10,12H,6-7H2,1H3,(H,13,15)/t10-,12+/m0/s1. The molecule has 5 heteroatoms. The van der Waals surface area contributed by atoms with Crippen LogP contribution in [0.5, 0.6) is 0 Å². The number of benzene rings is 1. The highest BCUT2D eigenvalue weighted by Gasteiger charge is 2.38. The second-order valence-corrected chi connectivity index (χ2v) is 4.29. The molecule has 0 aromatic heterocycles. The Morgan fingerprint density at radius 2 is 2.12 bits per heavy atom. The van der Waals surface area contributed by atoms with E-state index in [1.807, 2.05) is 31.2 Å². The molecule has 1 aromatic rings. The highest BCUT2D eigenvalue weighted by molar-refractivity contribution is 5.77. The van der Waals surface area contributed by atoms with Crippen molar-refractivity contribution in [1.82, 2.24) is 5.32 Å². The van der Waals surface area contributed by atoms with Crippen LogP contribution >= 0.6 is 0 Å². The van der Waals surface area contributed by atoms with E-state index in [9.17, 15) is 14.9 Å². The number of carbonyl (C=O) groups is 1. The van der Waals surface area contributed by atoms with Crippen molar-refractivity contribution in [3.8, 4) is 0 Å². The Bertz CT molecular complexity index is 459. The molecule has 5 nitrogen and oxygen atoms in total. The van der Waals surface area contributed by atoms with Crippen LogP contribution < -0.4 is 5.32 Å². The van der Waals surface area contributed by atoms with Crippen LogP contribution in [0.25, 0.3) is 0 Å². The predicted molar refractivity (Wildman–Crippen MR) is 62.1 cm³/mol. The van der Waals surface area contributed by atoms with Gasteiger partial charge in [0, 0.05) is 17.8 Å². The number of amides is 1. The Hall–Kier alpha value is -1.91. The first-order valence-corrected chi connectivity index (χ1v) is 5.58. The van der Waals surface area contributed by atoms with E-state index in [0.29, 0.717) is 6.42 Å². The molecule has 0 saturated carbocycles. The molecule has 0 bridgehead atoms. The minimum atomic E-state index is -0.728. The third-order valence-corrected chi connectivity index (χ3v) is 3.16. The van der Waals surface area contributed by atoms with E-state index in [1.54, 1.807) is 0 Å². The summed E-state index contributed by atoms with van der Waals surface area (Å²) in [6.45, 7) is 1.90. The van der Waals surface area contributed by atoms with Gasteiger partial charge in [-0.3, -0.25) is 14.9 Å². The lowest BCUT2D eigenvalue weighted by Crippen LogP contribution is -2.45. The number of rotatable bonds is 2. The van der Waals surface area contributed by atoms with E-state index in [4.69, 9.17) is 0 Å². The van der Waals surface area contributed by atoms with Crippen LogP contribution in [0.2, 0.25) is 0 Å². The molecule has 1 aliphatic rings. The van der Waals surface area contributed by atoms with Gasteiger partial charge in [0.25, 0.3) is 0 Å². The Morgan fingerprint density at radius 3 is 2.76 bits per heavy atom. The molecular weight excluding hydrogens is 220 g/mol. The lowest BCUT2D eigenvalue weighted by atomic mass is 9.90. The van der Waals surface area contributed by atoms with Crippen molar-refractivity contribution in [3.05, 3.63) is 45.5 Å². The third-order valence-electron chi connectivity index (χ3n) is 3.16. The van der Waals surface area contributed by atoms with Crippen molar-refractivity contribution in [3.63, 3.8) is 0 Å². The molecule has 1 aliphatic heterocycles. The second kappa shape index (κ2) is 4.53. The van der Waals surface area contributed by atoms with Crippen molar-refractivity contribution in [2.75, 3.05) is 0 Å². The van der Waals surface area contributed by atoms with Gasteiger partial charge in [-0.25, -0.2) is 0 Å². The third kappa shape index (κ3) is 2.27. The summed E-state index contributed by atoms with van der Waals surface area (Å²) in [7, 11) is 0. The molecule has 1 N–H and O–H groups in total. The van der Waals surface area contributed by atoms with E-state index in [0.717, 1.165) is 11.1 Å². The van der Waals surface area contributed by atoms with Gasteiger partial charge in [0.15, 0.2) is 0 Å². The van der Waals surface area contributed by atoms with E-state index < -0.39 is 12.1 Å². The molecule has 0 unspecified atom stereocenters. The number of nitro groups is 1. The van der Waals surface area contributed by atoms with Crippen LogP contribution in [0.15, 0.2) is 24.3 Å². The monoisotopic (exact) mass is 234 g/mol. The van der Waals surface area contributed by atoms with Crippen LogP contribution in [0.1, 0.15) is 30.0 Å². The molecule has 1 amide bonds. The Kier molecular flexibility index (Phi) is 3.08. The molecule has 1 heterocycles. The minimum absolute atomic E-state index is 0.114. The van der Waals surface area contributed by atoms with Gasteiger partial charge in [-0.2, -0.15) is 0 Å². The fraction of sp³-hybridized carbons (Fsp3) is 0.417. The molecule has 90 valence electrons. The maximum absolute atomic E-state index is 11.4. The molecule has 1 fully saturated rings. The van der Waals surface area contributed by atoms with Crippen molar-refractivity contribution in [2.45, 2.75) is 31.8 Å². The number of hydrogen-bond acceptors (Lipinski definition) is 3. The average Bonchev–Trinajstić information content (AvgIpc) is 2.29. The highest BCUT2D eigenvalue weighted by Crippen LogP contribution is 2.28. The first-order valence-electron chi connectivity index (χ1n) is 5.58. The quantitative estimate of drug-likeness (QED) is 0.624. The van der Waals surface area contributed by atoms with Crippen molar-refractivity contribution in [1.29, 1.82) is 0 Å². The number of carbonyl (C=O) groups excluding carboxylic acids is 1. The number of nitrogens with one attached hydrogen (secondary N) is 1. The average molecular weight is 234 g/mol. The van der Waals surface area contributed by atoms with Crippen LogP contribution in [0.3, 0.4) is 0 Å². The minimum Gasteiger partial charge on any atom is -0.343 e. The maximum atomic E-state index is 11.4. The Morgan fingerprint density at radius 1 is 1.41 bits per heavy atom. The molecule has 2 rings (SSSR count). The second-order valence-electron chi connectivity index (χ2n) is 4.29. The van der Waals surface area contributed by atoms with E-state index >= 15 is 0 Å². The lowest BCUT2D eigenvalue weighted by molar-refractivity contribution is -0.529. The summed E-state index contributed by atoms with van der Waals surface area (Å²) in [5, 5.41) is 13.7. The lowest BCUT2D eigenvalue weighted by Gasteiger charge is -2.27. The highest BCUT2D eigenvalue weighted by atomic mass is 16.6. The maximum Gasteiger partial charge on any atom is 0.237 e. The van der Waals surface area contributed by atoms with Gasteiger partial charge in [0.1, 0.15) is 6.04 Å². The zero-order chi connectivity index (χ0) is 12.4. The van der Waals surface area contributed by atoms with Crippen molar-refractivity contribution >= 4 is 5.91 Å². The summed E-state index contributed by atoms with van der Waals surface area (Å²) in [5.41, 5.74) is 1.80. The van der Waals surface area contributed by atoms with Crippen molar-refractivity contribution in [2.24, 2.45) is 0 Å². The van der Waals surface area contributed by atoms with Crippen LogP contribution in [0.4, 0.5) is 0 Å². The Balaban J connectivity index is 2.35. The topological polar surface area (TPSA) is 72.2 Å². The van der Waals surface area contributed by atoms with Gasteiger partial charge in [-0.05, 0) is 18.1 Å². The number of hydrogen-bond donors (Lipinski definition) is 1. The molecule has 0 radical (unpaired) electrons. The summed E-state index contributed by atoms with van der Waals surface area (Å²) >= 11 is 0. The van der Waals surface area contributed by atoms with E-state index in [1.165, 1.54) is 0 Å². The van der Waals surface area contributed by atoms with Gasteiger partial charge in [-0.1, -0.05) is 24.3 Å². The normalized spacial score (nSPS) is 24.2. The summed E-state index contributed by atoms with van der Waals surface area (Å²) < 4.78 is 0. The molecule has 1 aromatic carbocycles. The smallest absolute Gasteiger partial charge is 0.237 e. The first kappa shape index (κ1) is 11.6. The summed E-state index contributed by atoms with van der Waals surface area (Å²) in [6, 6.07) is 6.21. The number of piperidine rings is 1. The predicted octanol–water partition coefficient (Wildman–Crippen LogP) is 1.59. The van der Waals surface area contributed by atoms with Gasteiger partial charge < -0.3 is 5.32 Å². The number of aryl methyl sites for hydroxylation is 1. The zero-order valence-electron chi connectivity index (χ0n) is 9.55. The molecule has 1 saturated heterocycles. The molecule has 0 spiro atoms. The molecule has 2 atom stereocenters. The van der Waals surface area contributed by atoms with Gasteiger partial charge in [-0.15, -0.1) is 0 Å². The van der Waals surface area contributed by atoms with Crippen LogP contribution in [-0.2, 0) is 4.79 Å². The van der Waals surface area contributed by atoms with Gasteiger partial charge in [0.05, 0.1) is 0 Å².